The van der Waals surface area contributed by atoms with Gasteiger partial charge in [-0.2, -0.15) is 0 Å². The van der Waals surface area contributed by atoms with Gasteiger partial charge in [-0.05, 0) is 30.3 Å². The number of nitrogens with two attached hydrogens (primary N) is 1. The lowest BCUT2D eigenvalue weighted by molar-refractivity contribution is 0.481. The molecule has 0 aliphatic carbocycles. The molecule has 0 radical (unpaired) electrons. The van der Waals surface area contributed by atoms with Crippen LogP contribution in [0.3, 0.4) is 0 Å². The molecule has 6 heteroatoms. The molecule has 0 saturated carbocycles. The zero-order chi connectivity index (χ0) is 14.0. The van der Waals surface area contributed by atoms with E-state index in [9.17, 15) is 0 Å². The zero-order valence-electron chi connectivity index (χ0n) is 9.49. The second-order valence-corrected chi connectivity index (χ2v) is 5.85. The Morgan fingerprint density at radius 1 is 1.11 bits per heavy atom. The van der Waals surface area contributed by atoms with Crippen LogP contribution >= 0.6 is 51.3 Å². The molecule has 0 unspecified atom stereocenters. The molecule has 0 amide bonds. The Morgan fingerprint density at radius 2 is 1.84 bits per heavy atom. The first-order valence-electron chi connectivity index (χ1n) is 5.19. The highest BCUT2D eigenvalue weighted by Crippen LogP contribution is 2.32. The normalized spacial score (nSPS) is 10.3. The standard InChI is InChI=1S/C13H8BrCl2NOS/c14-7-1-3-9(13(17)19)12(5-7)18-8-2-4-10(15)11(16)6-8/h1-6H,(H2,17,19). The summed E-state index contributed by atoms with van der Waals surface area (Å²) in [5, 5.41) is 0.892. The lowest BCUT2D eigenvalue weighted by atomic mass is 10.2. The Labute approximate surface area is 134 Å². The van der Waals surface area contributed by atoms with E-state index in [0.717, 1.165) is 4.47 Å². The molecule has 98 valence electrons. The van der Waals surface area contributed by atoms with Crippen LogP contribution in [-0.4, -0.2) is 4.99 Å². The van der Waals surface area contributed by atoms with Gasteiger partial charge in [0.05, 0.1) is 15.6 Å². The Kier molecular flexibility index (Phi) is 4.68. The van der Waals surface area contributed by atoms with E-state index in [0.29, 0.717) is 27.1 Å². The molecule has 0 spiro atoms. The van der Waals surface area contributed by atoms with Crippen LogP contribution in [0, 0.1) is 0 Å². The van der Waals surface area contributed by atoms with Crippen molar-refractivity contribution in [2.24, 2.45) is 5.73 Å². The van der Waals surface area contributed by atoms with Crippen LogP contribution in [0.15, 0.2) is 40.9 Å². The highest BCUT2D eigenvalue weighted by atomic mass is 79.9. The van der Waals surface area contributed by atoms with Crippen molar-refractivity contribution in [1.82, 2.24) is 0 Å². The monoisotopic (exact) mass is 375 g/mol. The molecule has 0 saturated heterocycles. The van der Waals surface area contributed by atoms with E-state index in [-0.39, 0.29) is 4.99 Å². The molecule has 19 heavy (non-hydrogen) atoms. The van der Waals surface area contributed by atoms with Crippen LogP contribution in [0.5, 0.6) is 11.5 Å². The van der Waals surface area contributed by atoms with Crippen molar-refractivity contribution in [1.29, 1.82) is 0 Å². The summed E-state index contributed by atoms with van der Waals surface area (Å²) < 4.78 is 6.61. The van der Waals surface area contributed by atoms with Crippen molar-refractivity contribution < 1.29 is 4.74 Å². The quantitative estimate of drug-likeness (QED) is 0.749. The van der Waals surface area contributed by atoms with Crippen LogP contribution in [0.2, 0.25) is 10.0 Å². The summed E-state index contributed by atoms with van der Waals surface area (Å²) in [6.45, 7) is 0. The smallest absolute Gasteiger partial charge is 0.138 e. The predicted octanol–water partition coefficient (Wildman–Crippen LogP) is 5.18. The fourth-order valence-electron chi connectivity index (χ4n) is 1.45. The molecule has 0 aliphatic heterocycles. The van der Waals surface area contributed by atoms with Gasteiger partial charge in [-0.1, -0.05) is 51.3 Å². The third-order valence-corrected chi connectivity index (χ3v) is 3.78. The molecule has 2 rings (SSSR count). The summed E-state index contributed by atoms with van der Waals surface area (Å²) in [6, 6.07) is 10.4. The van der Waals surface area contributed by atoms with Crippen molar-refractivity contribution in [3.8, 4) is 11.5 Å². The fraction of sp³-hybridized carbons (Fsp3) is 0. The van der Waals surface area contributed by atoms with Gasteiger partial charge in [0, 0.05) is 10.5 Å². The lowest BCUT2D eigenvalue weighted by Gasteiger charge is -2.11. The molecule has 0 atom stereocenters. The number of halogens is 3. The van der Waals surface area contributed by atoms with Crippen LogP contribution in [0.1, 0.15) is 5.56 Å². The maximum Gasteiger partial charge on any atom is 0.138 e. The van der Waals surface area contributed by atoms with Gasteiger partial charge >= 0.3 is 0 Å². The van der Waals surface area contributed by atoms with Gasteiger partial charge in [-0.3, -0.25) is 0 Å². The molecule has 0 aromatic heterocycles. The molecule has 2 N–H and O–H groups in total. The van der Waals surface area contributed by atoms with E-state index in [1.807, 2.05) is 6.07 Å². The van der Waals surface area contributed by atoms with Crippen LogP contribution in [-0.2, 0) is 0 Å². The molecule has 2 aromatic rings. The van der Waals surface area contributed by atoms with E-state index < -0.39 is 0 Å². The van der Waals surface area contributed by atoms with Gasteiger partial charge in [0.2, 0.25) is 0 Å². The second-order valence-electron chi connectivity index (χ2n) is 3.68. The van der Waals surface area contributed by atoms with Gasteiger partial charge in [0.1, 0.15) is 16.5 Å². The van der Waals surface area contributed by atoms with Crippen molar-refractivity contribution in [2.75, 3.05) is 0 Å². The predicted molar refractivity (Wildman–Crippen MR) is 86.6 cm³/mol. The number of rotatable bonds is 3. The molecule has 0 fully saturated rings. The molecule has 2 aromatic carbocycles. The fourth-order valence-corrected chi connectivity index (χ4v) is 2.25. The number of ether oxygens (including phenoxy) is 1. The average Bonchev–Trinajstić information content (AvgIpc) is 2.33. The third kappa shape index (κ3) is 3.60. The summed E-state index contributed by atoms with van der Waals surface area (Å²) >= 11 is 20.2. The van der Waals surface area contributed by atoms with Gasteiger partial charge in [-0.25, -0.2) is 0 Å². The SMILES string of the molecule is NC(=S)c1ccc(Br)cc1Oc1ccc(Cl)c(Cl)c1. The highest BCUT2D eigenvalue weighted by molar-refractivity contribution is 9.10. The third-order valence-electron chi connectivity index (χ3n) is 2.33. The van der Waals surface area contributed by atoms with E-state index in [4.69, 9.17) is 45.9 Å². The first kappa shape index (κ1) is 14.6. The summed E-state index contributed by atoms with van der Waals surface area (Å²) in [5.41, 5.74) is 6.32. The summed E-state index contributed by atoms with van der Waals surface area (Å²) in [4.78, 5) is 0.266. The maximum absolute atomic E-state index is 5.94. The van der Waals surface area contributed by atoms with Crippen molar-refractivity contribution in [2.45, 2.75) is 0 Å². The van der Waals surface area contributed by atoms with E-state index >= 15 is 0 Å². The number of benzene rings is 2. The first-order valence-corrected chi connectivity index (χ1v) is 7.15. The number of thiocarbonyl (C=S) groups is 1. The number of hydrogen-bond acceptors (Lipinski definition) is 2. The minimum atomic E-state index is 0.266. The topological polar surface area (TPSA) is 35.2 Å². The molecular formula is C13H8BrCl2NOS. The van der Waals surface area contributed by atoms with Crippen molar-refractivity contribution >= 4 is 56.3 Å². The minimum Gasteiger partial charge on any atom is -0.457 e. The molecule has 0 bridgehead atoms. The molecule has 0 aliphatic rings. The highest BCUT2D eigenvalue weighted by Gasteiger charge is 2.09. The molecule has 2 nitrogen and oxygen atoms in total. The molecule has 0 heterocycles. The van der Waals surface area contributed by atoms with Gasteiger partial charge in [0.25, 0.3) is 0 Å². The van der Waals surface area contributed by atoms with Gasteiger partial charge in [-0.15, -0.1) is 0 Å². The largest absolute Gasteiger partial charge is 0.457 e. The number of hydrogen-bond donors (Lipinski definition) is 1. The average molecular weight is 377 g/mol. The molecular weight excluding hydrogens is 369 g/mol. The van der Waals surface area contributed by atoms with Crippen LogP contribution < -0.4 is 10.5 Å². The van der Waals surface area contributed by atoms with E-state index in [1.54, 1.807) is 30.3 Å². The summed E-state index contributed by atoms with van der Waals surface area (Å²) in [6.07, 6.45) is 0. The van der Waals surface area contributed by atoms with Crippen molar-refractivity contribution in [3.05, 3.63) is 56.5 Å². The summed E-state index contributed by atoms with van der Waals surface area (Å²) in [5.74, 6) is 1.12. The van der Waals surface area contributed by atoms with E-state index in [2.05, 4.69) is 15.9 Å². The van der Waals surface area contributed by atoms with Gasteiger partial charge in [0.15, 0.2) is 0 Å². The lowest BCUT2D eigenvalue weighted by Crippen LogP contribution is -2.10. The van der Waals surface area contributed by atoms with Crippen molar-refractivity contribution in [3.63, 3.8) is 0 Å². The van der Waals surface area contributed by atoms with Crippen LogP contribution in [0.4, 0.5) is 0 Å². The second kappa shape index (κ2) is 6.09. The van der Waals surface area contributed by atoms with E-state index in [1.165, 1.54) is 0 Å². The zero-order valence-corrected chi connectivity index (χ0v) is 13.4. The maximum atomic E-state index is 5.94. The van der Waals surface area contributed by atoms with Gasteiger partial charge < -0.3 is 10.5 Å². The Balaban J connectivity index is 2.39. The van der Waals surface area contributed by atoms with Crippen LogP contribution in [0.25, 0.3) is 0 Å². The Hall–Kier alpha value is -0.810. The summed E-state index contributed by atoms with van der Waals surface area (Å²) in [7, 11) is 0. The Bertz CT molecular complexity index is 649. The Morgan fingerprint density at radius 3 is 2.47 bits per heavy atom. The first-order chi connectivity index (χ1) is 8.97. The minimum absolute atomic E-state index is 0.266.